The SMILES string of the molecule is CC(=O)Cc1ccc2nnn(C3CCC(=O)NC3=O)c(=O)c2c1. The van der Waals surface area contributed by atoms with Crippen molar-refractivity contribution in [2.45, 2.75) is 32.2 Å². The number of amides is 2. The average Bonchev–Trinajstić information content (AvgIpc) is 2.48. The maximum Gasteiger partial charge on any atom is 0.278 e. The molecule has 2 aromatic rings. The molecule has 0 bridgehead atoms. The minimum absolute atomic E-state index is 0.0168. The number of hydrogen-bond donors (Lipinski definition) is 1. The molecule has 1 fully saturated rings. The summed E-state index contributed by atoms with van der Waals surface area (Å²) in [6, 6.07) is 4.08. The monoisotopic (exact) mass is 314 g/mol. The minimum atomic E-state index is -0.853. The molecule has 1 aliphatic heterocycles. The highest BCUT2D eigenvalue weighted by molar-refractivity contribution is 5.99. The topological polar surface area (TPSA) is 111 Å². The Morgan fingerprint density at radius 3 is 2.83 bits per heavy atom. The van der Waals surface area contributed by atoms with Gasteiger partial charge in [0.15, 0.2) is 0 Å². The maximum atomic E-state index is 12.6. The number of ketones is 1. The highest BCUT2D eigenvalue weighted by Crippen LogP contribution is 2.17. The fraction of sp³-hybridized carbons (Fsp3) is 0.333. The highest BCUT2D eigenvalue weighted by Gasteiger charge is 2.30. The van der Waals surface area contributed by atoms with Gasteiger partial charge in [0, 0.05) is 12.8 Å². The van der Waals surface area contributed by atoms with Gasteiger partial charge < -0.3 is 0 Å². The molecule has 2 heterocycles. The Labute approximate surface area is 130 Å². The van der Waals surface area contributed by atoms with E-state index >= 15 is 0 Å². The Morgan fingerprint density at radius 2 is 2.13 bits per heavy atom. The quantitative estimate of drug-likeness (QED) is 0.792. The summed E-state index contributed by atoms with van der Waals surface area (Å²) < 4.78 is 1.00. The van der Waals surface area contributed by atoms with E-state index in [0.29, 0.717) is 16.5 Å². The van der Waals surface area contributed by atoms with Crippen LogP contribution in [0.3, 0.4) is 0 Å². The predicted molar refractivity (Wildman–Crippen MR) is 79.6 cm³/mol. The number of piperidine rings is 1. The Balaban J connectivity index is 2.07. The van der Waals surface area contributed by atoms with Crippen LogP contribution in [0.2, 0.25) is 0 Å². The fourth-order valence-corrected chi connectivity index (χ4v) is 2.62. The molecule has 23 heavy (non-hydrogen) atoms. The molecule has 0 spiro atoms. The number of hydrogen-bond acceptors (Lipinski definition) is 6. The molecular weight excluding hydrogens is 300 g/mol. The minimum Gasteiger partial charge on any atom is -0.300 e. The lowest BCUT2D eigenvalue weighted by atomic mass is 10.1. The van der Waals surface area contributed by atoms with Crippen molar-refractivity contribution < 1.29 is 14.4 Å². The van der Waals surface area contributed by atoms with Crippen LogP contribution in [0.25, 0.3) is 10.9 Å². The van der Waals surface area contributed by atoms with Crippen molar-refractivity contribution in [1.82, 2.24) is 20.3 Å². The van der Waals surface area contributed by atoms with E-state index in [-0.39, 0.29) is 31.0 Å². The Bertz CT molecular complexity index is 887. The molecule has 0 radical (unpaired) electrons. The van der Waals surface area contributed by atoms with Crippen molar-refractivity contribution in [3.63, 3.8) is 0 Å². The number of fused-ring (bicyclic) bond motifs is 1. The highest BCUT2D eigenvalue weighted by atomic mass is 16.2. The van der Waals surface area contributed by atoms with Crippen LogP contribution >= 0.6 is 0 Å². The van der Waals surface area contributed by atoms with Gasteiger partial charge in [0.2, 0.25) is 5.91 Å². The fourth-order valence-electron chi connectivity index (χ4n) is 2.62. The Kier molecular flexibility index (Phi) is 3.73. The van der Waals surface area contributed by atoms with Gasteiger partial charge in [-0.05, 0) is 31.0 Å². The second-order valence-corrected chi connectivity index (χ2v) is 5.54. The van der Waals surface area contributed by atoms with E-state index in [1.165, 1.54) is 6.92 Å². The van der Waals surface area contributed by atoms with Crippen LogP contribution in [0.5, 0.6) is 0 Å². The third-order valence-corrected chi connectivity index (χ3v) is 3.71. The molecule has 1 N–H and O–H groups in total. The lowest BCUT2D eigenvalue weighted by Crippen LogP contribution is -2.45. The van der Waals surface area contributed by atoms with E-state index in [4.69, 9.17) is 0 Å². The third kappa shape index (κ3) is 2.87. The Hall–Kier alpha value is -2.90. The summed E-state index contributed by atoms with van der Waals surface area (Å²) in [7, 11) is 0. The summed E-state index contributed by atoms with van der Waals surface area (Å²) >= 11 is 0. The van der Waals surface area contributed by atoms with Crippen molar-refractivity contribution >= 4 is 28.5 Å². The van der Waals surface area contributed by atoms with Gasteiger partial charge in [0.1, 0.15) is 17.3 Å². The lowest BCUT2D eigenvalue weighted by molar-refractivity contribution is -0.136. The smallest absolute Gasteiger partial charge is 0.278 e. The number of aromatic nitrogens is 3. The number of carbonyl (C=O) groups excluding carboxylic acids is 3. The van der Waals surface area contributed by atoms with E-state index in [1.54, 1.807) is 18.2 Å². The number of carbonyl (C=O) groups is 3. The van der Waals surface area contributed by atoms with Crippen LogP contribution in [-0.2, 0) is 20.8 Å². The molecule has 1 unspecified atom stereocenters. The van der Waals surface area contributed by atoms with Gasteiger partial charge in [0.25, 0.3) is 11.5 Å². The summed E-state index contributed by atoms with van der Waals surface area (Å²) in [5.74, 6) is -0.939. The summed E-state index contributed by atoms with van der Waals surface area (Å²) in [5.41, 5.74) is 0.630. The third-order valence-electron chi connectivity index (χ3n) is 3.71. The van der Waals surface area contributed by atoms with Gasteiger partial charge in [0.05, 0.1) is 5.39 Å². The van der Waals surface area contributed by atoms with Gasteiger partial charge in [-0.2, -0.15) is 4.68 Å². The maximum absolute atomic E-state index is 12.6. The zero-order valence-corrected chi connectivity index (χ0v) is 12.4. The van der Waals surface area contributed by atoms with E-state index in [0.717, 1.165) is 4.68 Å². The van der Waals surface area contributed by atoms with Crippen molar-refractivity contribution in [1.29, 1.82) is 0 Å². The number of imide groups is 1. The first-order valence-corrected chi connectivity index (χ1v) is 7.17. The number of benzene rings is 1. The number of Topliss-reactive ketones (excluding diaryl/α,β-unsaturated/α-hetero) is 1. The second kappa shape index (κ2) is 5.71. The summed E-state index contributed by atoms with van der Waals surface area (Å²) in [5, 5.41) is 10.3. The Morgan fingerprint density at radius 1 is 1.35 bits per heavy atom. The molecular formula is C15H14N4O4. The van der Waals surface area contributed by atoms with Crippen LogP contribution in [0.15, 0.2) is 23.0 Å². The first-order chi connectivity index (χ1) is 11.0. The first kappa shape index (κ1) is 15.0. The summed E-state index contributed by atoms with van der Waals surface area (Å²) in [6.07, 6.45) is 0.570. The molecule has 0 aliphatic carbocycles. The van der Waals surface area contributed by atoms with Crippen molar-refractivity contribution in [3.05, 3.63) is 34.1 Å². The van der Waals surface area contributed by atoms with Crippen molar-refractivity contribution in [2.75, 3.05) is 0 Å². The molecule has 0 saturated carbocycles. The summed E-state index contributed by atoms with van der Waals surface area (Å²) in [6.45, 7) is 1.47. The molecule has 8 heteroatoms. The van der Waals surface area contributed by atoms with Gasteiger partial charge >= 0.3 is 0 Å². The largest absolute Gasteiger partial charge is 0.300 e. The number of nitrogens with one attached hydrogen (secondary N) is 1. The molecule has 1 aromatic carbocycles. The molecule has 8 nitrogen and oxygen atoms in total. The number of rotatable bonds is 3. The van der Waals surface area contributed by atoms with E-state index < -0.39 is 17.5 Å². The van der Waals surface area contributed by atoms with E-state index in [9.17, 15) is 19.2 Å². The van der Waals surface area contributed by atoms with Crippen LogP contribution in [0, 0.1) is 0 Å². The zero-order valence-electron chi connectivity index (χ0n) is 12.4. The van der Waals surface area contributed by atoms with Gasteiger partial charge in [-0.3, -0.25) is 24.5 Å². The molecule has 118 valence electrons. The molecule has 1 aliphatic rings. The zero-order chi connectivity index (χ0) is 16.6. The van der Waals surface area contributed by atoms with Gasteiger partial charge in [-0.1, -0.05) is 11.3 Å². The van der Waals surface area contributed by atoms with Crippen molar-refractivity contribution in [2.24, 2.45) is 0 Å². The molecule has 2 amide bonds. The predicted octanol–water partition coefficient (Wildman–Crippen LogP) is -0.0993. The lowest BCUT2D eigenvalue weighted by Gasteiger charge is -2.21. The number of nitrogens with zero attached hydrogens (tertiary/aromatic N) is 3. The van der Waals surface area contributed by atoms with Gasteiger partial charge in [-0.25, -0.2) is 0 Å². The van der Waals surface area contributed by atoms with Crippen LogP contribution < -0.4 is 10.9 Å². The molecule has 1 saturated heterocycles. The van der Waals surface area contributed by atoms with Crippen LogP contribution in [0.1, 0.15) is 31.4 Å². The molecule has 1 atom stereocenters. The van der Waals surface area contributed by atoms with E-state index in [2.05, 4.69) is 15.6 Å². The average molecular weight is 314 g/mol. The summed E-state index contributed by atoms with van der Waals surface area (Å²) in [4.78, 5) is 46.9. The van der Waals surface area contributed by atoms with E-state index in [1.807, 2.05) is 0 Å². The standard InChI is InChI=1S/C15H14N4O4/c1-8(20)6-9-2-3-11-10(7-9)15(23)19(18-17-11)12-4-5-13(21)16-14(12)22/h2-3,7,12H,4-6H2,1H3,(H,16,21,22). The second-order valence-electron chi connectivity index (χ2n) is 5.54. The van der Waals surface area contributed by atoms with Crippen molar-refractivity contribution in [3.8, 4) is 0 Å². The van der Waals surface area contributed by atoms with Gasteiger partial charge in [-0.15, -0.1) is 5.10 Å². The molecule has 3 rings (SSSR count). The molecule has 1 aromatic heterocycles. The van der Waals surface area contributed by atoms with Crippen LogP contribution in [0.4, 0.5) is 0 Å². The van der Waals surface area contributed by atoms with Crippen LogP contribution in [-0.4, -0.2) is 32.6 Å². The first-order valence-electron chi connectivity index (χ1n) is 7.17. The normalized spacial score (nSPS) is 18.0.